The highest BCUT2D eigenvalue weighted by Gasteiger charge is 2.31. The van der Waals surface area contributed by atoms with Crippen LogP contribution < -0.4 is 5.32 Å². The van der Waals surface area contributed by atoms with Crippen LogP contribution in [0.2, 0.25) is 0 Å². The standard InChI is InChI=1S/C12H25NS/c1-3-5-7-12(8-6-4-2)11-13-9-10-14-12/h13H,3-11H2,1-2H3. The third-order valence-electron chi connectivity index (χ3n) is 3.11. The van der Waals surface area contributed by atoms with Crippen LogP contribution in [0.4, 0.5) is 0 Å². The Kier molecular flexibility index (Phi) is 5.95. The van der Waals surface area contributed by atoms with Crippen molar-refractivity contribution in [3.05, 3.63) is 0 Å². The lowest BCUT2D eigenvalue weighted by atomic mass is 9.94. The van der Waals surface area contributed by atoms with E-state index in [1.165, 1.54) is 57.4 Å². The van der Waals surface area contributed by atoms with Crippen molar-refractivity contribution < 1.29 is 0 Å². The van der Waals surface area contributed by atoms with Crippen LogP contribution in [-0.2, 0) is 0 Å². The Labute approximate surface area is 93.4 Å². The van der Waals surface area contributed by atoms with Crippen LogP contribution in [0, 0.1) is 0 Å². The van der Waals surface area contributed by atoms with Crippen molar-refractivity contribution in [2.45, 2.75) is 57.1 Å². The number of thioether (sulfide) groups is 1. The number of nitrogens with one attached hydrogen (secondary N) is 1. The van der Waals surface area contributed by atoms with Crippen molar-refractivity contribution in [2.24, 2.45) is 0 Å². The average molecular weight is 215 g/mol. The van der Waals surface area contributed by atoms with Gasteiger partial charge in [-0.25, -0.2) is 0 Å². The first-order chi connectivity index (χ1) is 6.83. The fraction of sp³-hybridized carbons (Fsp3) is 1.00. The summed E-state index contributed by atoms with van der Waals surface area (Å²) >= 11 is 2.23. The van der Waals surface area contributed by atoms with Gasteiger partial charge in [-0.15, -0.1) is 0 Å². The summed E-state index contributed by atoms with van der Waals surface area (Å²) < 4.78 is 0.588. The van der Waals surface area contributed by atoms with E-state index in [1.807, 2.05) is 0 Å². The van der Waals surface area contributed by atoms with E-state index in [0.29, 0.717) is 4.75 Å². The molecule has 1 saturated heterocycles. The summed E-state index contributed by atoms with van der Waals surface area (Å²) in [5.41, 5.74) is 0. The van der Waals surface area contributed by atoms with E-state index in [2.05, 4.69) is 30.9 Å². The van der Waals surface area contributed by atoms with E-state index in [0.717, 1.165) is 0 Å². The van der Waals surface area contributed by atoms with E-state index in [9.17, 15) is 0 Å². The monoisotopic (exact) mass is 215 g/mol. The summed E-state index contributed by atoms with van der Waals surface area (Å²) in [7, 11) is 0. The molecule has 1 fully saturated rings. The topological polar surface area (TPSA) is 12.0 Å². The van der Waals surface area contributed by atoms with Crippen LogP contribution in [0.25, 0.3) is 0 Å². The first-order valence-corrected chi connectivity index (χ1v) is 7.16. The van der Waals surface area contributed by atoms with Gasteiger partial charge in [0.2, 0.25) is 0 Å². The Bertz CT molecular complexity index is 131. The highest BCUT2D eigenvalue weighted by Crippen LogP contribution is 2.37. The molecule has 2 heteroatoms. The van der Waals surface area contributed by atoms with E-state index in [4.69, 9.17) is 0 Å². The van der Waals surface area contributed by atoms with Gasteiger partial charge in [0.1, 0.15) is 0 Å². The molecule has 1 nitrogen and oxygen atoms in total. The predicted octanol–water partition coefficient (Wildman–Crippen LogP) is 3.44. The average Bonchev–Trinajstić information content (AvgIpc) is 2.25. The second kappa shape index (κ2) is 6.73. The molecule has 0 atom stereocenters. The normalized spacial score (nSPS) is 21.0. The van der Waals surface area contributed by atoms with E-state index < -0.39 is 0 Å². The molecular formula is C12H25NS. The quantitative estimate of drug-likeness (QED) is 0.728. The molecule has 0 amide bonds. The summed E-state index contributed by atoms with van der Waals surface area (Å²) in [4.78, 5) is 0. The molecule has 1 N–H and O–H groups in total. The molecular weight excluding hydrogens is 190 g/mol. The highest BCUT2D eigenvalue weighted by molar-refractivity contribution is 8.00. The zero-order chi connectivity index (χ0) is 10.3. The van der Waals surface area contributed by atoms with Crippen LogP contribution in [0.3, 0.4) is 0 Å². The van der Waals surface area contributed by atoms with Gasteiger partial charge in [-0.1, -0.05) is 39.5 Å². The van der Waals surface area contributed by atoms with Crippen LogP contribution in [0.15, 0.2) is 0 Å². The molecule has 0 bridgehead atoms. The zero-order valence-corrected chi connectivity index (χ0v) is 10.6. The summed E-state index contributed by atoms with van der Waals surface area (Å²) in [5, 5.41) is 3.57. The van der Waals surface area contributed by atoms with Crippen LogP contribution in [0.1, 0.15) is 52.4 Å². The fourth-order valence-electron chi connectivity index (χ4n) is 2.15. The number of unbranched alkanes of at least 4 members (excludes halogenated alkanes) is 2. The van der Waals surface area contributed by atoms with Crippen molar-refractivity contribution in [1.29, 1.82) is 0 Å². The van der Waals surface area contributed by atoms with Gasteiger partial charge < -0.3 is 5.32 Å². The predicted molar refractivity (Wildman–Crippen MR) is 67.1 cm³/mol. The molecule has 0 aromatic heterocycles. The maximum Gasteiger partial charge on any atom is 0.0284 e. The number of hydrogen-bond donors (Lipinski definition) is 1. The largest absolute Gasteiger partial charge is 0.315 e. The lowest BCUT2D eigenvalue weighted by Crippen LogP contribution is -2.43. The molecule has 14 heavy (non-hydrogen) atoms. The zero-order valence-electron chi connectivity index (χ0n) is 9.77. The summed E-state index contributed by atoms with van der Waals surface area (Å²) in [5.74, 6) is 1.31. The number of rotatable bonds is 6. The molecule has 1 aliphatic heterocycles. The molecule has 1 heterocycles. The van der Waals surface area contributed by atoms with E-state index in [1.54, 1.807) is 0 Å². The first kappa shape index (κ1) is 12.4. The van der Waals surface area contributed by atoms with Gasteiger partial charge in [0.05, 0.1) is 0 Å². The Morgan fingerprint density at radius 1 is 1.14 bits per heavy atom. The maximum absolute atomic E-state index is 3.57. The lowest BCUT2D eigenvalue weighted by Gasteiger charge is -2.37. The molecule has 84 valence electrons. The van der Waals surface area contributed by atoms with Crippen molar-refractivity contribution in [3.8, 4) is 0 Å². The second-order valence-electron chi connectivity index (χ2n) is 4.42. The van der Waals surface area contributed by atoms with Crippen molar-refractivity contribution in [3.63, 3.8) is 0 Å². The fourth-order valence-corrected chi connectivity index (χ4v) is 3.61. The summed E-state index contributed by atoms with van der Waals surface area (Å²) in [6.07, 6.45) is 8.32. The van der Waals surface area contributed by atoms with Gasteiger partial charge in [0, 0.05) is 23.6 Å². The smallest absolute Gasteiger partial charge is 0.0284 e. The molecule has 0 unspecified atom stereocenters. The Hall–Kier alpha value is 0.310. The first-order valence-electron chi connectivity index (χ1n) is 6.17. The molecule has 0 saturated carbocycles. The van der Waals surface area contributed by atoms with E-state index in [-0.39, 0.29) is 0 Å². The Balaban J connectivity index is 2.39. The highest BCUT2D eigenvalue weighted by atomic mass is 32.2. The Morgan fingerprint density at radius 2 is 1.79 bits per heavy atom. The van der Waals surface area contributed by atoms with Crippen LogP contribution >= 0.6 is 11.8 Å². The molecule has 0 spiro atoms. The lowest BCUT2D eigenvalue weighted by molar-refractivity contribution is 0.429. The van der Waals surface area contributed by atoms with Gasteiger partial charge in [-0.2, -0.15) is 11.8 Å². The third kappa shape index (κ3) is 3.82. The Morgan fingerprint density at radius 3 is 2.21 bits per heavy atom. The van der Waals surface area contributed by atoms with Gasteiger partial charge in [-0.05, 0) is 12.8 Å². The van der Waals surface area contributed by atoms with Crippen molar-refractivity contribution >= 4 is 11.8 Å². The van der Waals surface area contributed by atoms with Crippen molar-refractivity contribution in [1.82, 2.24) is 5.32 Å². The van der Waals surface area contributed by atoms with Gasteiger partial charge in [0.25, 0.3) is 0 Å². The minimum atomic E-state index is 0.588. The molecule has 0 aromatic rings. The third-order valence-corrected chi connectivity index (χ3v) is 4.68. The SMILES string of the molecule is CCCCC1(CCCC)CNCCS1. The second-order valence-corrected chi connectivity index (χ2v) is 5.98. The van der Waals surface area contributed by atoms with Gasteiger partial charge in [-0.3, -0.25) is 0 Å². The molecule has 1 aliphatic rings. The van der Waals surface area contributed by atoms with E-state index >= 15 is 0 Å². The summed E-state index contributed by atoms with van der Waals surface area (Å²) in [6, 6.07) is 0. The van der Waals surface area contributed by atoms with Crippen LogP contribution in [-0.4, -0.2) is 23.6 Å². The summed E-state index contributed by atoms with van der Waals surface area (Å²) in [6.45, 7) is 7.06. The minimum Gasteiger partial charge on any atom is -0.315 e. The molecule has 0 aliphatic carbocycles. The minimum absolute atomic E-state index is 0.588. The maximum atomic E-state index is 3.57. The van der Waals surface area contributed by atoms with Gasteiger partial charge in [0.15, 0.2) is 0 Å². The number of hydrogen-bond acceptors (Lipinski definition) is 2. The molecule has 1 rings (SSSR count). The molecule has 0 aromatic carbocycles. The van der Waals surface area contributed by atoms with Crippen molar-refractivity contribution in [2.75, 3.05) is 18.8 Å². The molecule has 0 radical (unpaired) electrons. The van der Waals surface area contributed by atoms with Crippen LogP contribution in [0.5, 0.6) is 0 Å². The van der Waals surface area contributed by atoms with Gasteiger partial charge >= 0.3 is 0 Å².